The average molecular weight is 428 g/mol. The highest BCUT2D eigenvalue weighted by Gasteiger charge is 2.26. The molecule has 0 bridgehead atoms. The van der Waals surface area contributed by atoms with Crippen molar-refractivity contribution in [2.24, 2.45) is 0 Å². The van der Waals surface area contributed by atoms with Crippen LogP contribution in [-0.2, 0) is 17.6 Å². The van der Waals surface area contributed by atoms with Crippen molar-refractivity contribution in [1.82, 2.24) is 4.90 Å². The van der Waals surface area contributed by atoms with Crippen molar-refractivity contribution in [3.63, 3.8) is 0 Å². The lowest BCUT2D eigenvalue weighted by Crippen LogP contribution is -2.41. The van der Waals surface area contributed by atoms with E-state index in [0.29, 0.717) is 38.3 Å². The van der Waals surface area contributed by atoms with E-state index in [1.54, 1.807) is 0 Å². The van der Waals surface area contributed by atoms with E-state index < -0.39 is 0 Å². The summed E-state index contributed by atoms with van der Waals surface area (Å²) < 4.78 is 5.41. The first-order valence-corrected chi connectivity index (χ1v) is 11.9. The van der Waals surface area contributed by atoms with Gasteiger partial charge in [-0.25, -0.2) is 0 Å². The largest absolute Gasteiger partial charge is 0.507 e. The summed E-state index contributed by atoms with van der Waals surface area (Å²) in [6, 6.07) is 2.13. The maximum Gasteiger partial charge on any atom is 0.258 e. The van der Waals surface area contributed by atoms with Gasteiger partial charge in [0.15, 0.2) is 0 Å². The van der Waals surface area contributed by atoms with Crippen LogP contribution >= 0.6 is 0 Å². The summed E-state index contributed by atoms with van der Waals surface area (Å²) in [7, 11) is 0. The molecule has 1 N–H and O–H groups in total. The lowest BCUT2D eigenvalue weighted by molar-refractivity contribution is 0.0300. The van der Waals surface area contributed by atoms with E-state index in [2.05, 4.69) is 45.9 Å². The van der Waals surface area contributed by atoms with Crippen LogP contribution in [0.3, 0.4) is 0 Å². The number of aryl methyl sites for hydroxylation is 2. The Labute approximate surface area is 189 Å². The number of nitrogens with zero attached hydrogens (tertiary/aromatic N) is 1. The Hall–Kier alpha value is -2.07. The normalized spacial score (nSPS) is 14.6. The maximum atomic E-state index is 13.4. The van der Waals surface area contributed by atoms with Gasteiger partial charge in [0.05, 0.1) is 18.8 Å². The third kappa shape index (κ3) is 7.53. The molecule has 1 aromatic carbocycles. The average Bonchev–Trinajstić information content (AvgIpc) is 2.73. The number of morpholine rings is 1. The molecule has 1 aromatic rings. The van der Waals surface area contributed by atoms with Gasteiger partial charge in [-0.3, -0.25) is 4.79 Å². The fraction of sp³-hybridized carbons (Fsp3) is 0.593. The predicted octanol–water partition coefficient (Wildman–Crippen LogP) is 6.14. The Morgan fingerprint density at radius 2 is 1.87 bits per heavy atom. The summed E-state index contributed by atoms with van der Waals surface area (Å²) in [6.45, 7) is 12.9. The molecule has 0 radical (unpaired) electrons. The molecule has 0 aromatic heterocycles. The number of amides is 1. The van der Waals surface area contributed by atoms with Crippen LogP contribution < -0.4 is 0 Å². The van der Waals surface area contributed by atoms with E-state index in [1.807, 2.05) is 11.8 Å². The van der Waals surface area contributed by atoms with Crippen LogP contribution in [-0.4, -0.2) is 42.2 Å². The zero-order chi connectivity index (χ0) is 22.8. The third-order valence-corrected chi connectivity index (χ3v) is 6.02. The second-order valence-corrected chi connectivity index (χ2v) is 8.99. The Bertz CT molecular complexity index is 797. The van der Waals surface area contributed by atoms with Crippen molar-refractivity contribution in [1.29, 1.82) is 0 Å². The number of carbonyl (C=O) groups excluding carboxylic acids is 1. The second kappa shape index (κ2) is 12.7. The first-order valence-electron chi connectivity index (χ1n) is 11.9. The van der Waals surface area contributed by atoms with E-state index in [9.17, 15) is 9.90 Å². The third-order valence-electron chi connectivity index (χ3n) is 6.02. The highest BCUT2D eigenvalue weighted by molar-refractivity contribution is 5.99. The minimum atomic E-state index is -0.0576. The van der Waals surface area contributed by atoms with E-state index in [4.69, 9.17) is 4.74 Å². The van der Waals surface area contributed by atoms with E-state index in [-0.39, 0.29) is 11.7 Å². The molecule has 1 amide bonds. The predicted molar refractivity (Wildman–Crippen MR) is 129 cm³/mol. The van der Waals surface area contributed by atoms with Crippen molar-refractivity contribution < 1.29 is 14.6 Å². The molecule has 31 heavy (non-hydrogen) atoms. The first-order chi connectivity index (χ1) is 14.8. The van der Waals surface area contributed by atoms with Crippen molar-refractivity contribution in [2.75, 3.05) is 26.3 Å². The van der Waals surface area contributed by atoms with E-state index >= 15 is 0 Å². The molecule has 4 nitrogen and oxygen atoms in total. The quantitative estimate of drug-likeness (QED) is 0.360. The number of hydrogen-bond donors (Lipinski definition) is 1. The van der Waals surface area contributed by atoms with Crippen molar-refractivity contribution in [3.05, 3.63) is 51.6 Å². The van der Waals surface area contributed by atoms with E-state index in [1.165, 1.54) is 11.1 Å². The summed E-state index contributed by atoms with van der Waals surface area (Å²) in [5.74, 6) is 0.120. The van der Waals surface area contributed by atoms with Crippen LogP contribution in [0.25, 0.3) is 0 Å². The van der Waals surface area contributed by atoms with Crippen molar-refractivity contribution in [2.45, 2.75) is 79.6 Å². The van der Waals surface area contributed by atoms with Gasteiger partial charge in [0.1, 0.15) is 5.75 Å². The van der Waals surface area contributed by atoms with Gasteiger partial charge in [-0.15, -0.1) is 0 Å². The monoisotopic (exact) mass is 427 g/mol. The highest BCUT2D eigenvalue weighted by Crippen LogP contribution is 2.33. The van der Waals surface area contributed by atoms with Gasteiger partial charge in [0, 0.05) is 18.7 Å². The Balaban J connectivity index is 2.31. The van der Waals surface area contributed by atoms with Gasteiger partial charge in [0.2, 0.25) is 0 Å². The molecule has 1 aliphatic rings. The van der Waals surface area contributed by atoms with Gasteiger partial charge < -0.3 is 14.7 Å². The molecule has 0 aliphatic carbocycles. The van der Waals surface area contributed by atoms with Crippen LogP contribution in [0.5, 0.6) is 5.75 Å². The molecule has 0 atom stereocenters. The Morgan fingerprint density at radius 3 is 2.52 bits per heavy atom. The molecule has 1 saturated heterocycles. The minimum absolute atomic E-state index is 0.0576. The highest BCUT2D eigenvalue weighted by atomic mass is 16.5. The standard InChI is InChI=1S/C27H41NO3/c1-6-7-8-12-23-19-22(5)24(14-13-21(4)11-9-10-20(2)3)26(29)25(23)27(30)28-15-17-31-18-16-28/h10,13,19,29H,6-9,11-12,14-18H2,1-5H3/b21-13+. The van der Waals surface area contributed by atoms with Gasteiger partial charge in [-0.2, -0.15) is 0 Å². The molecule has 1 fully saturated rings. The van der Waals surface area contributed by atoms with Crippen molar-refractivity contribution in [3.8, 4) is 5.75 Å². The molecule has 0 saturated carbocycles. The number of ether oxygens (including phenoxy) is 1. The number of unbranched alkanes of at least 4 members (excludes halogenated alkanes) is 2. The first kappa shape index (κ1) is 25.2. The lowest BCUT2D eigenvalue weighted by atomic mass is 9.91. The summed E-state index contributed by atoms with van der Waals surface area (Å²) in [5, 5.41) is 11.3. The van der Waals surface area contributed by atoms with Crippen LogP contribution in [0.4, 0.5) is 0 Å². The zero-order valence-electron chi connectivity index (χ0n) is 20.2. The number of phenols is 1. The van der Waals surface area contributed by atoms with E-state index in [0.717, 1.165) is 55.2 Å². The number of allylic oxidation sites excluding steroid dienone is 4. The summed E-state index contributed by atoms with van der Waals surface area (Å²) in [5.41, 5.74) is 6.08. The molecule has 2 rings (SSSR count). The summed E-state index contributed by atoms with van der Waals surface area (Å²) in [4.78, 5) is 15.2. The second-order valence-electron chi connectivity index (χ2n) is 8.99. The van der Waals surface area contributed by atoms with Crippen LogP contribution in [0, 0.1) is 6.92 Å². The fourth-order valence-electron chi connectivity index (χ4n) is 4.06. The molecule has 0 spiro atoms. The summed E-state index contributed by atoms with van der Waals surface area (Å²) in [6.07, 6.45) is 11.3. The van der Waals surface area contributed by atoms with Gasteiger partial charge >= 0.3 is 0 Å². The van der Waals surface area contributed by atoms with Crippen LogP contribution in [0.2, 0.25) is 0 Å². The maximum absolute atomic E-state index is 13.4. The van der Waals surface area contributed by atoms with Crippen molar-refractivity contribution >= 4 is 5.91 Å². The molecular formula is C27H41NO3. The molecule has 1 heterocycles. The number of phenolic OH excluding ortho intramolecular Hbond substituents is 1. The van der Waals surface area contributed by atoms with Gasteiger partial charge in [-0.1, -0.05) is 49.1 Å². The fourth-order valence-corrected chi connectivity index (χ4v) is 4.06. The smallest absolute Gasteiger partial charge is 0.258 e. The topological polar surface area (TPSA) is 49.8 Å². The number of benzene rings is 1. The van der Waals surface area contributed by atoms with Crippen LogP contribution in [0.1, 0.15) is 86.8 Å². The van der Waals surface area contributed by atoms with Crippen LogP contribution in [0.15, 0.2) is 29.4 Å². The number of carbonyl (C=O) groups is 1. The molecule has 0 unspecified atom stereocenters. The van der Waals surface area contributed by atoms with Gasteiger partial charge in [-0.05, 0) is 70.9 Å². The SMILES string of the molecule is CCCCCc1cc(C)c(C/C=C(\C)CCC=C(C)C)c(O)c1C(=O)N1CCOCC1. The Kier molecular flexibility index (Phi) is 10.3. The number of rotatable bonds is 10. The number of hydrogen-bond acceptors (Lipinski definition) is 3. The lowest BCUT2D eigenvalue weighted by Gasteiger charge is -2.28. The molecular weight excluding hydrogens is 386 g/mol. The van der Waals surface area contributed by atoms with Gasteiger partial charge in [0.25, 0.3) is 5.91 Å². The molecule has 172 valence electrons. The summed E-state index contributed by atoms with van der Waals surface area (Å²) >= 11 is 0. The Morgan fingerprint density at radius 1 is 1.16 bits per heavy atom. The minimum Gasteiger partial charge on any atom is -0.507 e. The number of aromatic hydroxyl groups is 1. The zero-order valence-corrected chi connectivity index (χ0v) is 20.2. The molecule has 4 heteroatoms. The molecule has 1 aliphatic heterocycles.